The Balaban J connectivity index is 1.99. The molecule has 1 aromatic carbocycles. The Bertz CT molecular complexity index is 762. The zero-order chi connectivity index (χ0) is 14.9. The van der Waals surface area contributed by atoms with Crippen LogP contribution in [0, 0.1) is 0 Å². The molecule has 1 aliphatic heterocycles. The van der Waals surface area contributed by atoms with Gasteiger partial charge in [-0.15, -0.1) is 0 Å². The van der Waals surface area contributed by atoms with Gasteiger partial charge in [0.1, 0.15) is 10.0 Å². The van der Waals surface area contributed by atoms with Crippen molar-refractivity contribution in [2.75, 3.05) is 6.54 Å². The van der Waals surface area contributed by atoms with Gasteiger partial charge in [-0.05, 0) is 36.1 Å². The first-order valence-electron chi connectivity index (χ1n) is 6.76. The average Bonchev–Trinajstić information content (AvgIpc) is 2.70. The van der Waals surface area contributed by atoms with Gasteiger partial charge in [0, 0.05) is 19.3 Å². The summed E-state index contributed by atoms with van der Waals surface area (Å²) in [5.41, 5.74) is 2.27. The molecule has 2 heterocycles. The summed E-state index contributed by atoms with van der Waals surface area (Å²) in [4.78, 5) is 3.94. The van der Waals surface area contributed by atoms with Gasteiger partial charge in [-0.25, -0.2) is 13.4 Å². The molecule has 0 radical (unpaired) electrons. The van der Waals surface area contributed by atoms with E-state index in [1.807, 2.05) is 18.2 Å². The zero-order valence-corrected chi connectivity index (χ0v) is 12.9. The summed E-state index contributed by atoms with van der Waals surface area (Å²) in [5.74, 6) is 0. The van der Waals surface area contributed by atoms with Crippen LogP contribution in [0.5, 0.6) is 0 Å². The van der Waals surface area contributed by atoms with Gasteiger partial charge in [-0.2, -0.15) is 4.31 Å². The Labute approximate surface area is 129 Å². The molecule has 4 nitrogen and oxygen atoms in total. The van der Waals surface area contributed by atoms with Crippen molar-refractivity contribution < 1.29 is 8.42 Å². The molecule has 0 saturated carbocycles. The minimum absolute atomic E-state index is 0.0232. The van der Waals surface area contributed by atoms with Crippen LogP contribution < -0.4 is 0 Å². The van der Waals surface area contributed by atoms with Crippen molar-refractivity contribution in [2.24, 2.45) is 0 Å². The van der Waals surface area contributed by atoms with E-state index in [4.69, 9.17) is 11.6 Å². The third-order valence-electron chi connectivity index (χ3n) is 3.66. The smallest absolute Gasteiger partial charge is 0.243 e. The third kappa shape index (κ3) is 2.81. The Morgan fingerprint density at radius 2 is 1.86 bits per heavy atom. The maximum absolute atomic E-state index is 12.8. The second-order valence-corrected chi connectivity index (χ2v) is 7.27. The highest BCUT2D eigenvalue weighted by Crippen LogP contribution is 2.27. The number of aryl methyl sites for hydroxylation is 1. The van der Waals surface area contributed by atoms with E-state index in [1.54, 1.807) is 6.07 Å². The molecule has 1 aliphatic rings. The molecule has 110 valence electrons. The van der Waals surface area contributed by atoms with E-state index in [9.17, 15) is 8.42 Å². The molecular formula is C15H15ClN2O2S. The molecule has 3 rings (SSSR count). The second-order valence-electron chi connectivity index (χ2n) is 5.00. The number of aromatic nitrogens is 1. The minimum Gasteiger partial charge on any atom is -0.243 e. The van der Waals surface area contributed by atoms with Crippen LogP contribution in [0.25, 0.3) is 0 Å². The summed E-state index contributed by atoms with van der Waals surface area (Å²) in [6, 6.07) is 11.1. The lowest BCUT2D eigenvalue weighted by atomic mass is 10.0. The standard InChI is InChI=1S/C15H15ClN2O2S/c16-15-14(8-3-9-17-15)21(19,20)18-10-4-7-12-5-1-2-6-13(12)11-18/h1-3,5-6,8-9H,4,7,10-11H2. The average molecular weight is 323 g/mol. The van der Waals surface area contributed by atoms with Crippen LogP contribution in [0.1, 0.15) is 17.5 Å². The molecule has 0 aliphatic carbocycles. The van der Waals surface area contributed by atoms with Crippen molar-refractivity contribution >= 4 is 21.6 Å². The van der Waals surface area contributed by atoms with Gasteiger partial charge < -0.3 is 0 Å². The first kappa shape index (κ1) is 14.5. The molecule has 1 aromatic heterocycles. The Hall–Kier alpha value is -1.43. The number of nitrogens with zero attached hydrogens (tertiary/aromatic N) is 2. The summed E-state index contributed by atoms with van der Waals surface area (Å²) >= 11 is 5.95. The maximum atomic E-state index is 12.8. The van der Waals surface area contributed by atoms with Gasteiger partial charge >= 0.3 is 0 Å². The lowest BCUT2D eigenvalue weighted by molar-refractivity contribution is 0.410. The van der Waals surface area contributed by atoms with Crippen molar-refractivity contribution in [3.05, 3.63) is 58.9 Å². The molecule has 0 bridgehead atoms. The van der Waals surface area contributed by atoms with Gasteiger partial charge in [0.15, 0.2) is 0 Å². The number of rotatable bonds is 2. The molecule has 0 unspecified atom stereocenters. The summed E-state index contributed by atoms with van der Waals surface area (Å²) in [6.45, 7) is 0.867. The SMILES string of the molecule is O=S(=O)(c1cccnc1Cl)N1CCCc2ccccc2C1. The zero-order valence-electron chi connectivity index (χ0n) is 11.4. The quantitative estimate of drug-likeness (QED) is 0.799. The maximum Gasteiger partial charge on any atom is 0.246 e. The summed E-state index contributed by atoms with van der Waals surface area (Å²) < 4.78 is 27.0. The summed E-state index contributed by atoms with van der Waals surface area (Å²) in [6.07, 6.45) is 3.18. The van der Waals surface area contributed by atoms with E-state index in [0.29, 0.717) is 13.1 Å². The van der Waals surface area contributed by atoms with E-state index in [2.05, 4.69) is 11.1 Å². The highest BCUT2D eigenvalue weighted by atomic mass is 35.5. The number of sulfonamides is 1. The molecular weight excluding hydrogens is 308 g/mol. The first-order valence-corrected chi connectivity index (χ1v) is 8.58. The van der Waals surface area contributed by atoms with Crippen LogP contribution in [0.15, 0.2) is 47.5 Å². The van der Waals surface area contributed by atoms with Crippen molar-refractivity contribution in [3.63, 3.8) is 0 Å². The van der Waals surface area contributed by atoms with Crippen LogP contribution in [-0.4, -0.2) is 24.3 Å². The topological polar surface area (TPSA) is 50.3 Å². The Morgan fingerprint density at radius 3 is 2.62 bits per heavy atom. The highest BCUT2D eigenvalue weighted by molar-refractivity contribution is 7.89. The molecule has 2 aromatic rings. The summed E-state index contributed by atoms with van der Waals surface area (Å²) in [7, 11) is -3.62. The van der Waals surface area contributed by atoms with Crippen LogP contribution in [0.3, 0.4) is 0 Å². The minimum atomic E-state index is -3.62. The van der Waals surface area contributed by atoms with Crippen LogP contribution in [-0.2, 0) is 23.0 Å². The van der Waals surface area contributed by atoms with Crippen molar-refractivity contribution in [2.45, 2.75) is 24.3 Å². The van der Waals surface area contributed by atoms with Crippen LogP contribution >= 0.6 is 11.6 Å². The van der Waals surface area contributed by atoms with E-state index < -0.39 is 10.0 Å². The highest BCUT2D eigenvalue weighted by Gasteiger charge is 2.28. The predicted octanol–water partition coefficient (Wildman–Crippen LogP) is 2.87. The predicted molar refractivity (Wildman–Crippen MR) is 81.6 cm³/mol. The second kappa shape index (κ2) is 5.75. The monoisotopic (exact) mass is 322 g/mol. The number of hydrogen-bond acceptors (Lipinski definition) is 3. The molecule has 0 saturated heterocycles. The molecule has 0 amide bonds. The van der Waals surface area contributed by atoms with Gasteiger partial charge in [-0.1, -0.05) is 35.9 Å². The van der Waals surface area contributed by atoms with Gasteiger partial charge in [0.25, 0.3) is 0 Å². The van der Waals surface area contributed by atoms with Gasteiger partial charge in [0.05, 0.1) is 0 Å². The van der Waals surface area contributed by atoms with E-state index in [1.165, 1.54) is 22.1 Å². The van der Waals surface area contributed by atoms with Gasteiger partial charge in [0.2, 0.25) is 10.0 Å². The number of fused-ring (bicyclic) bond motifs is 1. The molecule has 0 atom stereocenters. The summed E-state index contributed by atoms with van der Waals surface area (Å²) in [5, 5.41) is 0.0232. The van der Waals surface area contributed by atoms with Gasteiger partial charge in [-0.3, -0.25) is 0 Å². The van der Waals surface area contributed by atoms with Crippen LogP contribution in [0.4, 0.5) is 0 Å². The van der Waals surface area contributed by atoms with E-state index >= 15 is 0 Å². The lowest BCUT2D eigenvalue weighted by Gasteiger charge is -2.20. The Kier molecular flexibility index (Phi) is 3.97. The van der Waals surface area contributed by atoms with Crippen LogP contribution in [0.2, 0.25) is 5.15 Å². The largest absolute Gasteiger partial charge is 0.246 e. The normalized spacial score (nSPS) is 16.2. The first-order chi connectivity index (χ1) is 10.1. The number of pyridine rings is 1. The van der Waals surface area contributed by atoms with Crippen molar-refractivity contribution in [3.8, 4) is 0 Å². The Morgan fingerprint density at radius 1 is 1.10 bits per heavy atom. The fraction of sp³-hybridized carbons (Fsp3) is 0.267. The number of benzene rings is 1. The third-order valence-corrected chi connectivity index (χ3v) is 5.95. The van der Waals surface area contributed by atoms with E-state index in [-0.39, 0.29) is 10.0 Å². The molecule has 0 fully saturated rings. The molecule has 0 spiro atoms. The molecule has 21 heavy (non-hydrogen) atoms. The fourth-order valence-corrected chi connectivity index (χ4v) is 4.46. The fourth-order valence-electron chi connectivity index (χ4n) is 2.58. The van der Waals surface area contributed by atoms with Crippen molar-refractivity contribution in [1.29, 1.82) is 0 Å². The molecule has 0 N–H and O–H groups in total. The molecule has 6 heteroatoms. The number of hydrogen-bond donors (Lipinski definition) is 0. The van der Waals surface area contributed by atoms with Crippen molar-refractivity contribution in [1.82, 2.24) is 9.29 Å². The van der Waals surface area contributed by atoms with E-state index in [0.717, 1.165) is 18.4 Å². The lowest BCUT2D eigenvalue weighted by Crippen LogP contribution is -2.31. The number of halogens is 1.